The third kappa shape index (κ3) is 4.26. The fraction of sp³-hybridized carbons (Fsp3) is 0.238. The van der Waals surface area contributed by atoms with Gasteiger partial charge in [-0.15, -0.1) is 0 Å². The van der Waals surface area contributed by atoms with Crippen molar-refractivity contribution in [2.75, 3.05) is 32.1 Å². The van der Waals surface area contributed by atoms with Crippen LogP contribution in [0.2, 0.25) is 0 Å². The van der Waals surface area contributed by atoms with Crippen LogP contribution in [0.25, 0.3) is 0 Å². The van der Waals surface area contributed by atoms with Gasteiger partial charge < -0.3 is 15.0 Å². The number of likely N-dealkylation sites (N-methyl/N-ethyl adjacent to an activating group) is 1. The minimum absolute atomic E-state index is 0.199. The average molecular weight is 395 g/mol. The van der Waals surface area contributed by atoms with Gasteiger partial charge in [0.1, 0.15) is 12.3 Å². The highest BCUT2D eigenvalue weighted by molar-refractivity contribution is 6.22. The monoisotopic (exact) mass is 395 g/mol. The van der Waals surface area contributed by atoms with Gasteiger partial charge in [0.15, 0.2) is 0 Å². The first-order valence-electron chi connectivity index (χ1n) is 9.11. The van der Waals surface area contributed by atoms with E-state index in [2.05, 4.69) is 5.32 Å². The first kappa shape index (κ1) is 20.1. The molecule has 0 atom stereocenters. The van der Waals surface area contributed by atoms with E-state index in [1.165, 1.54) is 12.0 Å². The van der Waals surface area contributed by atoms with Crippen LogP contribution in [0.15, 0.2) is 48.5 Å². The van der Waals surface area contributed by atoms with Gasteiger partial charge in [0.2, 0.25) is 11.8 Å². The molecule has 1 heterocycles. The van der Waals surface area contributed by atoms with Crippen molar-refractivity contribution in [2.45, 2.75) is 6.92 Å². The van der Waals surface area contributed by atoms with Gasteiger partial charge in [0.05, 0.1) is 24.8 Å². The van der Waals surface area contributed by atoms with Crippen LogP contribution < -0.4 is 10.1 Å². The summed E-state index contributed by atoms with van der Waals surface area (Å²) in [7, 11) is 1.53. The van der Waals surface area contributed by atoms with Gasteiger partial charge in [-0.05, 0) is 31.2 Å². The van der Waals surface area contributed by atoms with Crippen LogP contribution in [-0.4, -0.2) is 60.2 Å². The van der Waals surface area contributed by atoms with Crippen LogP contribution in [0.4, 0.5) is 5.69 Å². The van der Waals surface area contributed by atoms with E-state index in [1.54, 1.807) is 55.5 Å². The molecule has 0 unspecified atom stereocenters. The number of amides is 4. The second-order valence-corrected chi connectivity index (χ2v) is 6.43. The van der Waals surface area contributed by atoms with Crippen LogP contribution in [0, 0.1) is 0 Å². The molecular formula is C21H21N3O5. The number of imide groups is 1. The lowest BCUT2D eigenvalue weighted by Crippen LogP contribution is -2.45. The van der Waals surface area contributed by atoms with E-state index in [1.807, 2.05) is 0 Å². The highest BCUT2D eigenvalue weighted by atomic mass is 16.5. The van der Waals surface area contributed by atoms with E-state index in [0.717, 1.165) is 4.90 Å². The fourth-order valence-corrected chi connectivity index (χ4v) is 3.07. The molecule has 1 aliphatic heterocycles. The van der Waals surface area contributed by atoms with Crippen LogP contribution >= 0.6 is 0 Å². The molecule has 0 fully saturated rings. The number of nitrogens with one attached hydrogen (secondary N) is 1. The Hall–Kier alpha value is -3.68. The summed E-state index contributed by atoms with van der Waals surface area (Å²) in [5.41, 5.74) is 1.10. The lowest BCUT2D eigenvalue weighted by atomic mass is 10.1. The Morgan fingerprint density at radius 1 is 1.03 bits per heavy atom. The first-order chi connectivity index (χ1) is 13.9. The molecule has 8 nitrogen and oxygen atoms in total. The maximum absolute atomic E-state index is 12.6. The predicted molar refractivity (Wildman–Crippen MR) is 106 cm³/mol. The molecule has 0 spiro atoms. The van der Waals surface area contributed by atoms with Crippen molar-refractivity contribution in [3.05, 3.63) is 59.7 Å². The number of benzene rings is 2. The van der Waals surface area contributed by atoms with Gasteiger partial charge in [-0.3, -0.25) is 24.1 Å². The summed E-state index contributed by atoms with van der Waals surface area (Å²) in [5.74, 6) is -1.29. The van der Waals surface area contributed by atoms with Crippen LogP contribution in [0.5, 0.6) is 5.75 Å². The molecule has 8 heteroatoms. The molecule has 4 amide bonds. The molecule has 1 N–H and O–H groups in total. The maximum atomic E-state index is 12.6. The number of ether oxygens (including phenoxy) is 1. The Morgan fingerprint density at radius 3 is 2.28 bits per heavy atom. The molecule has 0 radical (unpaired) electrons. The standard InChI is InChI=1S/C21H21N3O5/c1-3-23(12-18(25)22-14-7-6-8-15(11-14)29-2)19(26)13-24-20(27)16-9-4-5-10-17(16)21(24)28/h4-11H,3,12-13H2,1-2H3,(H,22,25). The third-order valence-corrected chi connectivity index (χ3v) is 4.59. The highest BCUT2D eigenvalue weighted by Gasteiger charge is 2.37. The zero-order chi connectivity index (χ0) is 21.0. The van der Waals surface area contributed by atoms with E-state index in [0.29, 0.717) is 11.4 Å². The summed E-state index contributed by atoms with van der Waals surface area (Å²) in [6.45, 7) is 1.37. The first-order valence-corrected chi connectivity index (χ1v) is 9.11. The van der Waals surface area contributed by atoms with E-state index in [-0.39, 0.29) is 24.2 Å². The van der Waals surface area contributed by atoms with Crippen molar-refractivity contribution in [3.63, 3.8) is 0 Å². The van der Waals surface area contributed by atoms with Crippen molar-refractivity contribution in [1.29, 1.82) is 0 Å². The molecule has 1 aliphatic rings. The Labute approximate surface area is 168 Å². The van der Waals surface area contributed by atoms with Gasteiger partial charge in [-0.2, -0.15) is 0 Å². The van der Waals surface area contributed by atoms with E-state index < -0.39 is 30.2 Å². The Morgan fingerprint density at radius 2 is 1.69 bits per heavy atom. The molecule has 2 aromatic rings. The number of nitrogens with zero attached hydrogens (tertiary/aromatic N) is 2. The predicted octanol–water partition coefficient (Wildman–Crippen LogP) is 1.78. The molecule has 0 bridgehead atoms. The summed E-state index contributed by atoms with van der Waals surface area (Å²) < 4.78 is 5.11. The SMILES string of the molecule is CCN(CC(=O)Nc1cccc(OC)c1)C(=O)CN1C(=O)c2ccccc2C1=O. The summed E-state index contributed by atoms with van der Waals surface area (Å²) in [6, 6.07) is 13.3. The van der Waals surface area contributed by atoms with Crippen LogP contribution in [0.1, 0.15) is 27.6 Å². The molecule has 2 aromatic carbocycles. The van der Waals surface area contributed by atoms with Gasteiger partial charge in [-0.1, -0.05) is 18.2 Å². The van der Waals surface area contributed by atoms with E-state index in [9.17, 15) is 19.2 Å². The molecule has 0 saturated heterocycles. The topological polar surface area (TPSA) is 96.0 Å². The van der Waals surface area contributed by atoms with Gasteiger partial charge >= 0.3 is 0 Å². The molecule has 0 aliphatic carbocycles. The highest BCUT2D eigenvalue weighted by Crippen LogP contribution is 2.22. The molecule has 29 heavy (non-hydrogen) atoms. The van der Waals surface area contributed by atoms with E-state index >= 15 is 0 Å². The number of hydrogen-bond donors (Lipinski definition) is 1. The number of fused-ring (bicyclic) bond motifs is 1. The maximum Gasteiger partial charge on any atom is 0.262 e. The lowest BCUT2D eigenvalue weighted by molar-refractivity contribution is -0.134. The summed E-state index contributed by atoms with van der Waals surface area (Å²) >= 11 is 0. The molecule has 0 saturated carbocycles. The summed E-state index contributed by atoms with van der Waals surface area (Å²) in [6.07, 6.45) is 0. The lowest BCUT2D eigenvalue weighted by Gasteiger charge is -2.23. The Balaban J connectivity index is 1.63. The Kier molecular flexibility index (Phi) is 5.92. The normalized spacial score (nSPS) is 12.6. The zero-order valence-corrected chi connectivity index (χ0v) is 16.2. The molecule has 3 rings (SSSR count). The van der Waals surface area contributed by atoms with Crippen molar-refractivity contribution < 1.29 is 23.9 Å². The van der Waals surface area contributed by atoms with Crippen molar-refractivity contribution >= 4 is 29.3 Å². The average Bonchev–Trinajstić information content (AvgIpc) is 2.97. The van der Waals surface area contributed by atoms with Crippen LogP contribution in [-0.2, 0) is 9.59 Å². The number of methoxy groups -OCH3 is 1. The Bertz CT molecular complexity index is 937. The molecule has 150 valence electrons. The smallest absolute Gasteiger partial charge is 0.262 e. The fourth-order valence-electron chi connectivity index (χ4n) is 3.07. The summed E-state index contributed by atoms with van der Waals surface area (Å²) in [5, 5.41) is 2.70. The second-order valence-electron chi connectivity index (χ2n) is 6.43. The van der Waals surface area contributed by atoms with Crippen molar-refractivity contribution in [2.24, 2.45) is 0 Å². The number of rotatable bonds is 7. The number of hydrogen-bond acceptors (Lipinski definition) is 5. The molecular weight excluding hydrogens is 374 g/mol. The van der Waals surface area contributed by atoms with Gasteiger partial charge in [-0.25, -0.2) is 0 Å². The molecule has 0 aromatic heterocycles. The number of anilines is 1. The van der Waals surface area contributed by atoms with Gasteiger partial charge in [0, 0.05) is 18.3 Å². The second kappa shape index (κ2) is 8.55. The van der Waals surface area contributed by atoms with Crippen LogP contribution in [0.3, 0.4) is 0 Å². The third-order valence-electron chi connectivity index (χ3n) is 4.59. The van der Waals surface area contributed by atoms with E-state index in [4.69, 9.17) is 4.74 Å². The number of carbonyl (C=O) groups excluding carboxylic acids is 4. The number of carbonyl (C=O) groups is 4. The minimum atomic E-state index is -0.504. The minimum Gasteiger partial charge on any atom is -0.497 e. The van der Waals surface area contributed by atoms with Crippen molar-refractivity contribution in [1.82, 2.24) is 9.80 Å². The largest absolute Gasteiger partial charge is 0.497 e. The van der Waals surface area contributed by atoms with Crippen molar-refractivity contribution in [3.8, 4) is 5.75 Å². The quantitative estimate of drug-likeness (QED) is 0.721. The zero-order valence-electron chi connectivity index (χ0n) is 16.2. The van der Waals surface area contributed by atoms with Gasteiger partial charge in [0.25, 0.3) is 11.8 Å². The summed E-state index contributed by atoms with van der Waals surface area (Å²) in [4.78, 5) is 52.0.